The van der Waals surface area contributed by atoms with Gasteiger partial charge in [0.05, 0.1) is 12.0 Å². The Bertz CT molecular complexity index is 1050. The van der Waals surface area contributed by atoms with E-state index in [1.54, 1.807) is 36.4 Å². The van der Waals surface area contributed by atoms with Crippen LogP contribution in [-0.2, 0) is 6.61 Å². The molecular weight excluding hydrogens is 379 g/mol. The maximum absolute atomic E-state index is 13.2. The third-order valence-corrected chi connectivity index (χ3v) is 4.02. The molecule has 0 unspecified atom stereocenters. The molecule has 0 radical (unpaired) electrons. The summed E-state index contributed by atoms with van der Waals surface area (Å²) in [6, 6.07) is 16.7. The molecule has 8 heteroatoms. The molecule has 0 aliphatic heterocycles. The lowest BCUT2D eigenvalue weighted by Gasteiger charge is -2.10. The zero-order chi connectivity index (χ0) is 20.8. The van der Waals surface area contributed by atoms with Gasteiger partial charge in [-0.3, -0.25) is 14.9 Å². The highest BCUT2D eigenvalue weighted by atomic mass is 19.1. The number of carbonyl (C=O) groups is 1. The van der Waals surface area contributed by atoms with Gasteiger partial charge in [0, 0.05) is 23.4 Å². The van der Waals surface area contributed by atoms with Crippen LogP contribution in [0.2, 0.25) is 0 Å². The van der Waals surface area contributed by atoms with E-state index in [4.69, 9.17) is 9.47 Å². The van der Waals surface area contributed by atoms with Crippen LogP contribution in [0, 0.1) is 15.9 Å². The first-order valence-electron chi connectivity index (χ1n) is 8.57. The molecule has 0 fully saturated rings. The molecule has 0 atom stereocenters. The van der Waals surface area contributed by atoms with Gasteiger partial charge in [-0.1, -0.05) is 18.2 Å². The van der Waals surface area contributed by atoms with Crippen molar-refractivity contribution < 1.29 is 23.6 Å². The Morgan fingerprint density at radius 1 is 1.10 bits per heavy atom. The summed E-state index contributed by atoms with van der Waals surface area (Å²) in [5.74, 6) is -0.314. The summed E-state index contributed by atoms with van der Waals surface area (Å²) in [7, 11) is 1.32. The predicted molar refractivity (Wildman–Crippen MR) is 105 cm³/mol. The minimum absolute atomic E-state index is 0.0688. The SMILES string of the molecule is COc1ccc(C(=O)Nc2cccc(OCc3cccc(F)c3)c2)cc1[N+](=O)[O-]. The Balaban J connectivity index is 1.70. The van der Waals surface area contributed by atoms with Crippen LogP contribution in [0.3, 0.4) is 0 Å². The van der Waals surface area contributed by atoms with Crippen LogP contribution in [0.25, 0.3) is 0 Å². The van der Waals surface area contributed by atoms with Crippen molar-refractivity contribution in [3.63, 3.8) is 0 Å². The van der Waals surface area contributed by atoms with Crippen LogP contribution in [-0.4, -0.2) is 17.9 Å². The summed E-state index contributed by atoms with van der Waals surface area (Å²) in [5.41, 5.74) is 0.936. The van der Waals surface area contributed by atoms with E-state index in [-0.39, 0.29) is 29.4 Å². The van der Waals surface area contributed by atoms with E-state index in [9.17, 15) is 19.3 Å². The van der Waals surface area contributed by atoms with Crippen LogP contribution in [0.15, 0.2) is 66.7 Å². The van der Waals surface area contributed by atoms with Gasteiger partial charge in [-0.05, 0) is 42.0 Å². The van der Waals surface area contributed by atoms with E-state index in [0.717, 1.165) is 6.07 Å². The number of nitrogens with one attached hydrogen (secondary N) is 1. The monoisotopic (exact) mass is 396 g/mol. The van der Waals surface area contributed by atoms with Gasteiger partial charge in [0.25, 0.3) is 5.91 Å². The molecular formula is C21H17FN2O5. The molecule has 7 nitrogen and oxygen atoms in total. The molecule has 0 aliphatic rings. The maximum Gasteiger partial charge on any atom is 0.311 e. The van der Waals surface area contributed by atoms with Gasteiger partial charge in [0.2, 0.25) is 0 Å². The summed E-state index contributed by atoms with van der Waals surface area (Å²) >= 11 is 0. The fraction of sp³-hybridized carbons (Fsp3) is 0.0952. The van der Waals surface area contributed by atoms with E-state index in [2.05, 4.69) is 5.32 Å². The number of halogens is 1. The third-order valence-electron chi connectivity index (χ3n) is 4.02. The second kappa shape index (κ2) is 8.83. The van der Waals surface area contributed by atoms with Crippen molar-refractivity contribution in [2.45, 2.75) is 6.61 Å². The summed E-state index contributed by atoms with van der Waals surface area (Å²) < 4.78 is 23.8. The number of hydrogen-bond donors (Lipinski definition) is 1. The maximum atomic E-state index is 13.2. The van der Waals surface area contributed by atoms with Crippen molar-refractivity contribution in [3.05, 3.63) is 93.8 Å². The van der Waals surface area contributed by atoms with Crippen molar-refractivity contribution in [1.82, 2.24) is 0 Å². The highest BCUT2D eigenvalue weighted by Crippen LogP contribution is 2.28. The number of methoxy groups -OCH3 is 1. The van der Waals surface area contributed by atoms with Gasteiger partial charge in [0.1, 0.15) is 18.2 Å². The minimum atomic E-state index is -0.615. The topological polar surface area (TPSA) is 90.7 Å². The van der Waals surface area contributed by atoms with E-state index >= 15 is 0 Å². The number of anilines is 1. The number of nitrogens with zero attached hydrogens (tertiary/aromatic N) is 1. The van der Waals surface area contributed by atoms with Gasteiger partial charge in [0.15, 0.2) is 5.75 Å². The Labute approximate surface area is 165 Å². The Morgan fingerprint density at radius 2 is 1.90 bits per heavy atom. The van der Waals surface area contributed by atoms with Crippen LogP contribution in [0.1, 0.15) is 15.9 Å². The number of hydrogen-bond acceptors (Lipinski definition) is 5. The van der Waals surface area contributed by atoms with Gasteiger partial charge in [-0.15, -0.1) is 0 Å². The highest BCUT2D eigenvalue weighted by molar-refractivity contribution is 6.04. The average molecular weight is 396 g/mol. The van der Waals surface area contributed by atoms with Crippen molar-refractivity contribution in [1.29, 1.82) is 0 Å². The van der Waals surface area contributed by atoms with E-state index in [0.29, 0.717) is 17.0 Å². The van der Waals surface area contributed by atoms with Crippen LogP contribution in [0.4, 0.5) is 15.8 Å². The number of carbonyl (C=O) groups excluding carboxylic acids is 1. The van der Waals surface area contributed by atoms with E-state index in [1.807, 2.05) is 0 Å². The molecule has 1 N–H and O–H groups in total. The number of amides is 1. The first kappa shape index (κ1) is 19.8. The fourth-order valence-electron chi connectivity index (χ4n) is 2.63. The van der Waals surface area contributed by atoms with Gasteiger partial charge in [-0.2, -0.15) is 0 Å². The minimum Gasteiger partial charge on any atom is -0.490 e. The average Bonchev–Trinajstić information content (AvgIpc) is 2.72. The number of nitro groups is 1. The Hall–Kier alpha value is -3.94. The lowest BCUT2D eigenvalue weighted by Crippen LogP contribution is -2.12. The molecule has 0 saturated carbocycles. The van der Waals surface area contributed by atoms with Crippen LogP contribution in [0.5, 0.6) is 11.5 Å². The van der Waals surface area contributed by atoms with Gasteiger partial charge < -0.3 is 14.8 Å². The summed E-state index contributed by atoms with van der Waals surface area (Å²) in [4.78, 5) is 23.0. The van der Waals surface area contributed by atoms with Crippen LogP contribution >= 0.6 is 0 Å². The normalized spacial score (nSPS) is 10.3. The molecule has 29 heavy (non-hydrogen) atoms. The molecule has 3 rings (SSSR count). The highest BCUT2D eigenvalue weighted by Gasteiger charge is 2.18. The van der Waals surface area contributed by atoms with Crippen LogP contribution < -0.4 is 14.8 Å². The predicted octanol–water partition coefficient (Wildman–Crippen LogP) is 4.57. The van der Waals surface area contributed by atoms with E-state index < -0.39 is 10.8 Å². The smallest absolute Gasteiger partial charge is 0.311 e. The molecule has 0 saturated heterocycles. The lowest BCUT2D eigenvalue weighted by atomic mass is 10.1. The lowest BCUT2D eigenvalue weighted by molar-refractivity contribution is -0.385. The summed E-state index contributed by atoms with van der Waals surface area (Å²) in [6.07, 6.45) is 0. The van der Waals surface area contributed by atoms with Crippen molar-refractivity contribution in [2.75, 3.05) is 12.4 Å². The molecule has 0 bridgehead atoms. The first-order chi connectivity index (χ1) is 14.0. The molecule has 0 heterocycles. The quantitative estimate of drug-likeness (QED) is 0.466. The number of nitro benzene ring substituents is 1. The molecule has 3 aromatic rings. The summed E-state index contributed by atoms with van der Waals surface area (Å²) in [5, 5.41) is 13.8. The molecule has 3 aromatic carbocycles. The molecule has 0 aromatic heterocycles. The van der Waals surface area contributed by atoms with Crippen molar-refractivity contribution in [2.24, 2.45) is 0 Å². The zero-order valence-corrected chi connectivity index (χ0v) is 15.4. The molecule has 0 spiro atoms. The fourth-order valence-corrected chi connectivity index (χ4v) is 2.63. The van der Waals surface area contributed by atoms with Gasteiger partial charge in [-0.25, -0.2) is 4.39 Å². The Kier molecular flexibility index (Phi) is 6.03. The molecule has 0 aliphatic carbocycles. The molecule has 1 amide bonds. The second-order valence-corrected chi connectivity index (χ2v) is 6.04. The van der Waals surface area contributed by atoms with Crippen molar-refractivity contribution >= 4 is 17.3 Å². The largest absolute Gasteiger partial charge is 0.490 e. The number of rotatable bonds is 7. The first-order valence-corrected chi connectivity index (χ1v) is 8.57. The molecule has 148 valence electrons. The number of ether oxygens (including phenoxy) is 2. The standard InChI is InChI=1S/C21H17FN2O5/c1-28-20-9-8-15(11-19(20)24(26)27)21(25)23-17-6-3-7-18(12-17)29-13-14-4-2-5-16(22)10-14/h2-12H,13H2,1H3,(H,23,25). The third kappa shape index (κ3) is 5.07. The second-order valence-electron chi connectivity index (χ2n) is 6.04. The van der Waals surface area contributed by atoms with Gasteiger partial charge >= 0.3 is 5.69 Å². The number of benzene rings is 3. The summed E-state index contributed by atoms with van der Waals surface area (Å²) in [6.45, 7) is 0.167. The van der Waals surface area contributed by atoms with E-state index in [1.165, 1.54) is 31.4 Å². The zero-order valence-electron chi connectivity index (χ0n) is 15.4. The van der Waals surface area contributed by atoms with Crippen molar-refractivity contribution in [3.8, 4) is 11.5 Å². The Morgan fingerprint density at radius 3 is 2.62 bits per heavy atom.